The zero-order valence-corrected chi connectivity index (χ0v) is 14.2. The number of aromatic nitrogens is 1. The molecule has 2 aromatic rings. The van der Waals surface area contributed by atoms with Gasteiger partial charge in [0.05, 0.1) is 0 Å². The van der Waals surface area contributed by atoms with Crippen molar-refractivity contribution in [1.82, 2.24) is 4.98 Å². The monoisotopic (exact) mass is 347 g/mol. The summed E-state index contributed by atoms with van der Waals surface area (Å²) >= 11 is 3.54. The number of pyridine rings is 1. The average molecular weight is 348 g/mol. The topological polar surface area (TPSA) is 42.1 Å². The number of nitrogens with two attached hydrogens (primary N) is 1. The van der Waals surface area contributed by atoms with E-state index in [1.54, 1.807) is 0 Å². The summed E-state index contributed by atoms with van der Waals surface area (Å²) in [5.74, 6) is 0. The quantitative estimate of drug-likeness (QED) is 0.870. The lowest BCUT2D eigenvalue weighted by atomic mass is 10.0. The third-order valence-electron chi connectivity index (χ3n) is 3.48. The van der Waals surface area contributed by atoms with Gasteiger partial charge in [0.25, 0.3) is 0 Å². The lowest BCUT2D eigenvalue weighted by molar-refractivity contribution is 0.733. The summed E-state index contributed by atoms with van der Waals surface area (Å²) in [4.78, 5) is 6.35. The molecule has 21 heavy (non-hydrogen) atoms. The molecule has 0 aliphatic heterocycles. The Balaban J connectivity index is 2.09. The summed E-state index contributed by atoms with van der Waals surface area (Å²) in [6.45, 7) is 3.01. The highest BCUT2D eigenvalue weighted by Crippen LogP contribution is 2.25. The Hall–Kier alpha value is -1.39. The van der Waals surface area contributed by atoms with Crippen LogP contribution in [0.4, 0.5) is 5.69 Å². The summed E-state index contributed by atoms with van der Waals surface area (Å²) in [7, 11) is 2.13. The van der Waals surface area contributed by atoms with Crippen LogP contribution in [0.1, 0.15) is 18.1 Å². The van der Waals surface area contributed by atoms with E-state index < -0.39 is 0 Å². The lowest BCUT2D eigenvalue weighted by Gasteiger charge is -2.23. The van der Waals surface area contributed by atoms with Gasteiger partial charge >= 0.3 is 0 Å². The minimum absolute atomic E-state index is 0.159. The largest absolute Gasteiger partial charge is 0.374 e. The highest BCUT2D eigenvalue weighted by atomic mass is 79.9. The van der Waals surface area contributed by atoms with Gasteiger partial charge in [0.15, 0.2) is 0 Å². The van der Waals surface area contributed by atoms with E-state index in [1.165, 1.54) is 16.8 Å². The number of benzene rings is 1. The van der Waals surface area contributed by atoms with Crippen molar-refractivity contribution in [3.63, 3.8) is 0 Å². The zero-order valence-electron chi connectivity index (χ0n) is 12.6. The molecule has 1 heterocycles. The highest BCUT2D eigenvalue weighted by molar-refractivity contribution is 9.10. The maximum Gasteiger partial charge on any atom is 0.0397 e. The summed E-state index contributed by atoms with van der Waals surface area (Å²) in [6.07, 6.45) is 5.58. The highest BCUT2D eigenvalue weighted by Gasteiger charge is 2.10. The fourth-order valence-electron chi connectivity index (χ4n) is 2.40. The number of nitrogens with zero attached hydrogens (tertiary/aromatic N) is 2. The maximum absolute atomic E-state index is 5.97. The van der Waals surface area contributed by atoms with Crippen LogP contribution in [-0.2, 0) is 12.8 Å². The van der Waals surface area contributed by atoms with Crippen LogP contribution in [0, 0.1) is 0 Å². The van der Waals surface area contributed by atoms with Crippen LogP contribution in [0.2, 0.25) is 0 Å². The van der Waals surface area contributed by atoms with Gasteiger partial charge in [-0.15, -0.1) is 0 Å². The summed E-state index contributed by atoms with van der Waals surface area (Å²) in [5.41, 5.74) is 9.82. The number of likely N-dealkylation sites (N-methyl/N-ethyl adjacent to an activating group) is 1. The third kappa shape index (κ3) is 4.83. The maximum atomic E-state index is 5.97. The molecule has 0 fully saturated rings. The second-order valence-corrected chi connectivity index (χ2v) is 6.40. The predicted molar refractivity (Wildman–Crippen MR) is 92.7 cm³/mol. The van der Waals surface area contributed by atoms with Crippen molar-refractivity contribution in [2.75, 3.05) is 18.5 Å². The van der Waals surface area contributed by atoms with Crippen molar-refractivity contribution in [1.29, 1.82) is 0 Å². The zero-order chi connectivity index (χ0) is 15.2. The van der Waals surface area contributed by atoms with Gasteiger partial charge in [-0.05, 0) is 61.2 Å². The molecule has 3 nitrogen and oxygen atoms in total. The van der Waals surface area contributed by atoms with E-state index in [-0.39, 0.29) is 6.04 Å². The van der Waals surface area contributed by atoms with Crippen molar-refractivity contribution in [3.05, 3.63) is 58.3 Å². The van der Waals surface area contributed by atoms with Crippen LogP contribution < -0.4 is 10.6 Å². The Morgan fingerprint density at radius 2 is 1.95 bits per heavy atom. The van der Waals surface area contributed by atoms with Crippen LogP contribution in [0.5, 0.6) is 0 Å². The van der Waals surface area contributed by atoms with Gasteiger partial charge in [-0.2, -0.15) is 0 Å². The first kappa shape index (κ1) is 16.0. The van der Waals surface area contributed by atoms with E-state index in [1.807, 2.05) is 19.3 Å². The lowest BCUT2D eigenvalue weighted by Crippen LogP contribution is -2.24. The minimum atomic E-state index is 0.159. The Morgan fingerprint density at radius 3 is 2.62 bits per heavy atom. The number of hydrogen-bond acceptors (Lipinski definition) is 3. The molecular formula is C17H22BrN3. The third-order valence-corrected chi connectivity index (χ3v) is 3.97. The molecule has 0 saturated carbocycles. The molecule has 0 saturated heterocycles. The molecule has 1 aromatic carbocycles. The van der Waals surface area contributed by atoms with Crippen LogP contribution >= 0.6 is 15.9 Å². The van der Waals surface area contributed by atoms with Gasteiger partial charge in [0.2, 0.25) is 0 Å². The Labute approximate surface area is 135 Å². The van der Waals surface area contributed by atoms with Crippen LogP contribution in [-0.4, -0.2) is 24.6 Å². The van der Waals surface area contributed by atoms with Crippen LogP contribution in [0.15, 0.2) is 47.2 Å². The first-order chi connectivity index (χ1) is 10.1. The molecule has 4 heteroatoms. The van der Waals surface area contributed by atoms with Crippen molar-refractivity contribution in [3.8, 4) is 0 Å². The smallest absolute Gasteiger partial charge is 0.0397 e. The standard InChI is InChI=1S/C17H22BrN3/c1-13(19)11-15-12-16(18)3-4-17(15)21(2)10-7-14-5-8-20-9-6-14/h3-6,8-9,12-13H,7,10-11,19H2,1-2H3. The van der Waals surface area contributed by atoms with E-state index in [0.29, 0.717) is 0 Å². The van der Waals surface area contributed by atoms with Crippen LogP contribution in [0.25, 0.3) is 0 Å². The van der Waals surface area contributed by atoms with E-state index >= 15 is 0 Å². The van der Waals surface area contributed by atoms with E-state index in [4.69, 9.17) is 5.73 Å². The Bertz CT molecular complexity index is 570. The van der Waals surface area contributed by atoms with Crippen molar-refractivity contribution >= 4 is 21.6 Å². The van der Waals surface area contributed by atoms with E-state index in [0.717, 1.165) is 23.9 Å². The molecule has 2 rings (SSSR count). The van der Waals surface area contributed by atoms with Gasteiger partial charge in [0, 0.05) is 42.2 Å². The number of rotatable bonds is 6. The summed E-state index contributed by atoms with van der Waals surface area (Å²) in [5, 5.41) is 0. The molecule has 0 spiro atoms. The number of halogens is 1. The molecule has 0 amide bonds. The molecule has 1 unspecified atom stereocenters. The summed E-state index contributed by atoms with van der Waals surface area (Å²) in [6, 6.07) is 10.7. The first-order valence-corrected chi connectivity index (χ1v) is 7.99. The fraction of sp³-hybridized carbons (Fsp3) is 0.353. The number of anilines is 1. The van der Waals surface area contributed by atoms with Gasteiger partial charge in [0.1, 0.15) is 0 Å². The Kier molecular flexibility index (Phi) is 5.76. The molecule has 0 bridgehead atoms. The van der Waals surface area contributed by atoms with Crippen LogP contribution in [0.3, 0.4) is 0 Å². The van der Waals surface area contributed by atoms with Gasteiger partial charge < -0.3 is 10.6 Å². The molecular weight excluding hydrogens is 326 g/mol. The van der Waals surface area contributed by atoms with Gasteiger partial charge in [-0.3, -0.25) is 4.98 Å². The van der Waals surface area contributed by atoms with E-state index in [2.05, 4.69) is 63.2 Å². The molecule has 1 atom stereocenters. The second-order valence-electron chi connectivity index (χ2n) is 5.48. The first-order valence-electron chi connectivity index (χ1n) is 7.20. The average Bonchev–Trinajstić information content (AvgIpc) is 2.45. The van der Waals surface area contributed by atoms with Gasteiger partial charge in [-0.1, -0.05) is 15.9 Å². The minimum Gasteiger partial charge on any atom is -0.374 e. The molecule has 0 aliphatic rings. The van der Waals surface area contributed by atoms with Crippen molar-refractivity contribution in [2.24, 2.45) is 5.73 Å². The second kappa shape index (κ2) is 7.57. The predicted octanol–water partition coefficient (Wildman–Crippen LogP) is 3.41. The van der Waals surface area contributed by atoms with Crippen molar-refractivity contribution < 1.29 is 0 Å². The number of hydrogen-bond donors (Lipinski definition) is 1. The fourth-order valence-corrected chi connectivity index (χ4v) is 2.81. The van der Waals surface area contributed by atoms with Gasteiger partial charge in [-0.25, -0.2) is 0 Å². The SMILES string of the molecule is CC(N)Cc1cc(Br)ccc1N(C)CCc1ccncc1. The Morgan fingerprint density at radius 1 is 1.24 bits per heavy atom. The molecule has 1 aromatic heterocycles. The normalized spacial score (nSPS) is 12.2. The molecule has 0 aliphatic carbocycles. The summed E-state index contributed by atoms with van der Waals surface area (Å²) < 4.78 is 1.10. The van der Waals surface area contributed by atoms with E-state index in [9.17, 15) is 0 Å². The van der Waals surface area contributed by atoms with Crippen molar-refractivity contribution in [2.45, 2.75) is 25.8 Å². The molecule has 0 radical (unpaired) electrons. The molecule has 2 N–H and O–H groups in total. The molecule has 112 valence electrons.